The molecule has 132 valence electrons. The molecule has 2 N–H and O–H groups in total. The number of hydrogen-bond donors (Lipinski definition) is 2. The lowest BCUT2D eigenvalue weighted by atomic mass is 10.0. The Morgan fingerprint density at radius 2 is 2.17 bits per heavy atom. The zero-order valence-electron chi connectivity index (χ0n) is 13.8. The third-order valence-electron chi connectivity index (χ3n) is 4.44. The summed E-state index contributed by atoms with van der Waals surface area (Å²) >= 11 is 0. The highest BCUT2D eigenvalue weighted by molar-refractivity contribution is 5.99. The van der Waals surface area contributed by atoms with Gasteiger partial charge >= 0.3 is 0 Å². The molecule has 24 heavy (non-hydrogen) atoms. The highest BCUT2D eigenvalue weighted by Crippen LogP contribution is 2.34. The first-order valence-corrected chi connectivity index (χ1v) is 8.21. The monoisotopic (exact) mass is 353 g/mol. The van der Waals surface area contributed by atoms with Crippen LogP contribution in [0, 0.1) is 0 Å². The van der Waals surface area contributed by atoms with Gasteiger partial charge in [-0.3, -0.25) is 9.59 Å². The number of benzene rings is 1. The Hall–Kier alpha value is -1.79. The first kappa shape index (κ1) is 18.5. The highest BCUT2D eigenvalue weighted by atomic mass is 35.5. The van der Waals surface area contributed by atoms with Crippen molar-refractivity contribution in [3.05, 3.63) is 18.2 Å². The van der Waals surface area contributed by atoms with E-state index in [2.05, 4.69) is 10.6 Å². The SMILES string of the molecule is COc1ccc(NC(=O)C2CCCCN2)cc1N1CCCC1=O.Cl. The van der Waals surface area contributed by atoms with E-state index < -0.39 is 0 Å². The minimum atomic E-state index is -0.136. The van der Waals surface area contributed by atoms with Gasteiger partial charge in [-0.1, -0.05) is 6.42 Å². The minimum absolute atomic E-state index is 0. The number of ether oxygens (including phenoxy) is 1. The maximum Gasteiger partial charge on any atom is 0.241 e. The number of carbonyl (C=O) groups is 2. The Morgan fingerprint density at radius 3 is 2.79 bits per heavy atom. The Labute approximate surface area is 148 Å². The molecule has 2 amide bonds. The maximum absolute atomic E-state index is 12.3. The number of nitrogens with one attached hydrogen (secondary N) is 2. The van der Waals surface area contributed by atoms with Crippen molar-refractivity contribution >= 4 is 35.6 Å². The molecular formula is C17H24ClN3O3. The molecule has 0 aromatic heterocycles. The quantitative estimate of drug-likeness (QED) is 0.871. The zero-order valence-corrected chi connectivity index (χ0v) is 14.7. The van der Waals surface area contributed by atoms with Gasteiger partial charge in [0, 0.05) is 18.7 Å². The summed E-state index contributed by atoms with van der Waals surface area (Å²) in [5.74, 6) is 0.725. The standard InChI is InChI=1S/C17H23N3O3.ClH/c1-23-15-8-7-12(11-14(15)20-10-4-6-16(20)21)19-17(22)13-5-2-3-9-18-13;/h7-8,11,13,18H,2-6,9-10H2,1H3,(H,19,22);1H. The number of amides is 2. The second-order valence-corrected chi connectivity index (χ2v) is 6.03. The molecule has 3 rings (SSSR count). The third-order valence-corrected chi connectivity index (χ3v) is 4.44. The van der Waals surface area contributed by atoms with E-state index in [1.54, 1.807) is 18.1 Å². The van der Waals surface area contributed by atoms with E-state index in [1.165, 1.54) is 0 Å². The summed E-state index contributed by atoms with van der Waals surface area (Å²) in [6.07, 6.45) is 4.46. The van der Waals surface area contributed by atoms with Crippen LogP contribution < -0.4 is 20.3 Å². The Morgan fingerprint density at radius 1 is 1.33 bits per heavy atom. The van der Waals surface area contributed by atoms with E-state index >= 15 is 0 Å². The van der Waals surface area contributed by atoms with Gasteiger partial charge in [0.1, 0.15) is 5.75 Å². The number of piperidine rings is 1. The number of rotatable bonds is 4. The highest BCUT2D eigenvalue weighted by Gasteiger charge is 2.25. The molecule has 0 spiro atoms. The average molecular weight is 354 g/mol. The summed E-state index contributed by atoms with van der Waals surface area (Å²) in [7, 11) is 1.59. The lowest BCUT2D eigenvalue weighted by Gasteiger charge is -2.23. The van der Waals surface area contributed by atoms with Gasteiger partial charge in [0.25, 0.3) is 0 Å². The first-order valence-electron chi connectivity index (χ1n) is 8.21. The van der Waals surface area contributed by atoms with Gasteiger partial charge in [0.15, 0.2) is 0 Å². The number of hydrogen-bond acceptors (Lipinski definition) is 4. The molecule has 1 aromatic rings. The number of carbonyl (C=O) groups excluding carboxylic acids is 2. The van der Waals surface area contributed by atoms with Crippen molar-refractivity contribution in [1.29, 1.82) is 0 Å². The lowest BCUT2D eigenvalue weighted by Crippen LogP contribution is -2.43. The molecule has 1 atom stereocenters. The normalized spacial score (nSPS) is 20.5. The van der Waals surface area contributed by atoms with Crippen LogP contribution in [0.5, 0.6) is 5.75 Å². The van der Waals surface area contributed by atoms with Crippen LogP contribution in [-0.4, -0.2) is 38.1 Å². The van der Waals surface area contributed by atoms with Crippen molar-refractivity contribution in [3.63, 3.8) is 0 Å². The fourth-order valence-corrected chi connectivity index (χ4v) is 3.19. The lowest BCUT2D eigenvalue weighted by molar-refractivity contribution is -0.118. The molecule has 1 unspecified atom stereocenters. The largest absolute Gasteiger partial charge is 0.495 e. The Balaban J connectivity index is 0.00000208. The van der Waals surface area contributed by atoms with Crippen LogP contribution >= 0.6 is 12.4 Å². The van der Waals surface area contributed by atoms with E-state index in [0.29, 0.717) is 24.4 Å². The van der Waals surface area contributed by atoms with Crippen LogP contribution in [0.3, 0.4) is 0 Å². The van der Waals surface area contributed by atoms with Crippen LogP contribution in [0.4, 0.5) is 11.4 Å². The second kappa shape index (κ2) is 8.35. The molecule has 0 saturated carbocycles. The summed E-state index contributed by atoms with van der Waals surface area (Å²) in [6.45, 7) is 1.57. The van der Waals surface area contributed by atoms with Crippen LogP contribution in [0.25, 0.3) is 0 Å². The first-order chi connectivity index (χ1) is 11.2. The zero-order chi connectivity index (χ0) is 16.2. The molecule has 1 aromatic carbocycles. The minimum Gasteiger partial charge on any atom is -0.495 e. The molecule has 2 saturated heterocycles. The average Bonchev–Trinajstić information content (AvgIpc) is 3.01. The van der Waals surface area contributed by atoms with E-state index in [9.17, 15) is 9.59 Å². The molecule has 7 heteroatoms. The molecule has 6 nitrogen and oxygen atoms in total. The summed E-state index contributed by atoms with van der Waals surface area (Å²) < 4.78 is 5.36. The van der Waals surface area contributed by atoms with Crippen LogP contribution in [-0.2, 0) is 9.59 Å². The van der Waals surface area contributed by atoms with Crippen molar-refractivity contribution in [2.24, 2.45) is 0 Å². The fraction of sp³-hybridized carbons (Fsp3) is 0.529. The molecule has 0 radical (unpaired) electrons. The number of anilines is 2. The molecule has 0 aliphatic carbocycles. The van der Waals surface area contributed by atoms with Gasteiger partial charge in [-0.15, -0.1) is 12.4 Å². The molecule has 2 fully saturated rings. The predicted octanol–water partition coefficient (Wildman–Crippen LogP) is 2.32. The molecule has 0 bridgehead atoms. The van der Waals surface area contributed by atoms with Gasteiger partial charge in [0.05, 0.1) is 18.8 Å². The fourth-order valence-electron chi connectivity index (χ4n) is 3.19. The van der Waals surface area contributed by atoms with Crippen molar-refractivity contribution in [1.82, 2.24) is 5.32 Å². The summed E-state index contributed by atoms with van der Waals surface area (Å²) in [5.41, 5.74) is 1.42. The number of halogens is 1. The van der Waals surface area contributed by atoms with Crippen molar-refractivity contribution < 1.29 is 14.3 Å². The maximum atomic E-state index is 12.3. The van der Waals surface area contributed by atoms with Crippen LogP contribution in [0.1, 0.15) is 32.1 Å². The van der Waals surface area contributed by atoms with Gasteiger partial charge < -0.3 is 20.3 Å². The molecular weight excluding hydrogens is 330 g/mol. The third kappa shape index (κ3) is 3.99. The summed E-state index contributed by atoms with van der Waals surface area (Å²) in [4.78, 5) is 26.1. The Kier molecular flexibility index (Phi) is 6.45. The van der Waals surface area contributed by atoms with Crippen molar-refractivity contribution in [2.45, 2.75) is 38.1 Å². The Bertz CT molecular complexity index is 603. The van der Waals surface area contributed by atoms with E-state index in [1.807, 2.05) is 12.1 Å². The van der Waals surface area contributed by atoms with E-state index in [4.69, 9.17) is 4.74 Å². The van der Waals surface area contributed by atoms with Gasteiger partial charge in [-0.2, -0.15) is 0 Å². The predicted molar refractivity (Wildman–Crippen MR) is 96.1 cm³/mol. The molecule has 2 heterocycles. The molecule has 2 aliphatic rings. The van der Waals surface area contributed by atoms with Crippen molar-refractivity contribution in [2.75, 3.05) is 30.4 Å². The topological polar surface area (TPSA) is 70.7 Å². The second-order valence-electron chi connectivity index (χ2n) is 6.03. The van der Waals surface area contributed by atoms with Crippen LogP contribution in [0.2, 0.25) is 0 Å². The van der Waals surface area contributed by atoms with E-state index in [-0.39, 0.29) is 30.3 Å². The summed E-state index contributed by atoms with van der Waals surface area (Å²) in [5, 5.41) is 6.18. The molecule has 2 aliphatic heterocycles. The van der Waals surface area contributed by atoms with Gasteiger partial charge in [0.2, 0.25) is 11.8 Å². The smallest absolute Gasteiger partial charge is 0.241 e. The number of nitrogens with zero attached hydrogens (tertiary/aromatic N) is 1. The summed E-state index contributed by atoms with van der Waals surface area (Å²) in [6, 6.07) is 5.29. The van der Waals surface area contributed by atoms with Gasteiger partial charge in [-0.05, 0) is 44.0 Å². The van der Waals surface area contributed by atoms with Gasteiger partial charge in [-0.25, -0.2) is 0 Å². The van der Waals surface area contributed by atoms with Crippen molar-refractivity contribution in [3.8, 4) is 5.75 Å². The number of methoxy groups -OCH3 is 1. The van der Waals surface area contributed by atoms with E-state index in [0.717, 1.165) is 37.9 Å². The van der Waals surface area contributed by atoms with Crippen LogP contribution in [0.15, 0.2) is 18.2 Å².